The van der Waals surface area contributed by atoms with Crippen LogP contribution in [0, 0.1) is 0 Å². The fraction of sp³-hybridized carbons (Fsp3) is 0.0667. The van der Waals surface area contributed by atoms with E-state index in [1.165, 1.54) is 16.9 Å². The van der Waals surface area contributed by atoms with Crippen molar-refractivity contribution < 1.29 is 14.3 Å². The number of aromatic nitrogens is 4. The van der Waals surface area contributed by atoms with Gasteiger partial charge in [0, 0.05) is 18.0 Å². The lowest BCUT2D eigenvalue weighted by Gasteiger charge is -2.08. The molecule has 0 aliphatic carbocycles. The number of amides is 1. The minimum atomic E-state index is -0.659. The SMILES string of the molecule is O=C(Nc1cnc(-n2cccn2)nc1O)c1cccc(CF)c1. The highest BCUT2D eigenvalue weighted by atomic mass is 19.1. The van der Waals surface area contributed by atoms with Gasteiger partial charge in [-0.15, -0.1) is 0 Å². The Bertz CT molecular complexity index is 836. The number of halogens is 1. The van der Waals surface area contributed by atoms with E-state index in [1.54, 1.807) is 36.7 Å². The number of anilines is 1. The number of nitrogens with one attached hydrogen (secondary N) is 1. The van der Waals surface area contributed by atoms with E-state index in [0.717, 1.165) is 0 Å². The lowest BCUT2D eigenvalue weighted by Crippen LogP contribution is -2.13. The molecule has 2 N–H and O–H groups in total. The van der Waals surface area contributed by atoms with Crippen molar-refractivity contribution in [1.82, 2.24) is 19.7 Å². The largest absolute Gasteiger partial charge is 0.492 e. The first-order chi connectivity index (χ1) is 11.2. The fourth-order valence-corrected chi connectivity index (χ4v) is 1.94. The normalized spacial score (nSPS) is 10.5. The number of aromatic hydroxyl groups is 1. The molecule has 3 aromatic rings. The second kappa shape index (κ2) is 6.22. The molecule has 1 aromatic carbocycles. The Balaban J connectivity index is 1.81. The van der Waals surface area contributed by atoms with Crippen LogP contribution in [0.1, 0.15) is 15.9 Å². The van der Waals surface area contributed by atoms with Gasteiger partial charge in [-0.2, -0.15) is 10.1 Å². The molecule has 0 saturated heterocycles. The molecule has 0 unspecified atom stereocenters. The molecule has 2 heterocycles. The predicted molar refractivity (Wildman–Crippen MR) is 80.0 cm³/mol. The van der Waals surface area contributed by atoms with E-state index in [2.05, 4.69) is 20.4 Å². The van der Waals surface area contributed by atoms with Crippen molar-refractivity contribution in [3.8, 4) is 11.8 Å². The second-order valence-corrected chi connectivity index (χ2v) is 4.65. The number of carbonyl (C=O) groups is 1. The van der Waals surface area contributed by atoms with E-state index in [0.29, 0.717) is 5.56 Å². The van der Waals surface area contributed by atoms with Gasteiger partial charge in [0.15, 0.2) is 0 Å². The Morgan fingerprint density at radius 1 is 1.35 bits per heavy atom. The molecule has 0 aliphatic rings. The Morgan fingerprint density at radius 3 is 2.91 bits per heavy atom. The molecule has 0 radical (unpaired) electrons. The standard InChI is InChI=1S/C15H12FN5O2/c16-8-10-3-1-4-11(7-10)13(22)19-12-9-17-15(20-14(12)23)21-6-2-5-18-21/h1-7,9H,8H2,(H,19,22)(H,17,20,23). The summed E-state index contributed by atoms with van der Waals surface area (Å²) >= 11 is 0. The van der Waals surface area contributed by atoms with Crippen LogP contribution in [-0.4, -0.2) is 30.8 Å². The summed E-state index contributed by atoms with van der Waals surface area (Å²) in [6.45, 7) is -0.659. The monoisotopic (exact) mass is 313 g/mol. The Morgan fingerprint density at radius 2 is 2.22 bits per heavy atom. The van der Waals surface area contributed by atoms with Crippen LogP contribution in [-0.2, 0) is 6.67 Å². The summed E-state index contributed by atoms with van der Waals surface area (Å²) in [5.74, 6) is -0.712. The van der Waals surface area contributed by atoms with Gasteiger partial charge in [0.2, 0.25) is 5.88 Å². The van der Waals surface area contributed by atoms with Crippen LogP contribution in [0.25, 0.3) is 5.95 Å². The number of rotatable bonds is 4. The maximum absolute atomic E-state index is 12.6. The summed E-state index contributed by atoms with van der Waals surface area (Å²) < 4.78 is 14.0. The molecular formula is C15H12FN5O2. The Kier molecular flexibility index (Phi) is 3.96. The number of carbonyl (C=O) groups excluding carboxylic acids is 1. The molecule has 7 nitrogen and oxygen atoms in total. The lowest BCUT2D eigenvalue weighted by atomic mass is 10.1. The van der Waals surface area contributed by atoms with Crippen molar-refractivity contribution in [3.63, 3.8) is 0 Å². The van der Waals surface area contributed by atoms with Gasteiger partial charge in [-0.3, -0.25) is 4.79 Å². The smallest absolute Gasteiger partial charge is 0.255 e. The number of hydrogen-bond acceptors (Lipinski definition) is 5. The van der Waals surface area contributed by atoms with E-state index in [-0.39, 0.29) is 23.1 Å². The van der Waals surface area contributed by atoms with Crippen molar-refractivity contribution in [2.45, 2.75) is 6.67 Å². The molecule has 0 atom stereocenters. The molecular weight excluding hydrogens is 301 g/mol. The van der Waals surface area contributed by atoms with Crippen LogP contribution < -0.4 is 5.32 Å². The fourth-order valence-electron chi connectivity index (χ4n) is 1.94. The summed E-state index contributed by atoms with van der Waals surface area (Å²) in [4.78, 5) is 20.0. The highest BCUT2D eigenvalue weighted by molar-refractivity contribution is 6.04. The van der Waals surface area contributed by atoms with Gasteiger partial charge >= 0.3 is 0 Å². The molecule has 8 heteroatoms. The van der Waals surface area contributed by atoms with Gasteiger partial charge in [0.1, 0.15) is 12.4 Å². The summed E-state index contributed by atoms with van der Waals surface area (Å²) in [6.07, 6.45) is 4.44. The van der Waals surface area contributed by atoms with Gasteiger partial charge in [-0.1, -0.05) is 12.1 Å². The lowest BCUT2D eigenvalue weighted by molar-refractivity contribution is 0.102. The maximum Gasteiger partial charge on any atom is 0.255 e. The van der Waals surface area contributed by atoms with Crippen molar-refractivity contribution in [1.29, 1.82) is 0 Å². The van der Waals surface area contributed by atoms with Crippen LogP contribution >= 0.6 is 0 Å². The van der Waals surface area contributed by atoms with Crippen molar-refractivity contribution in [3.05, 3.63) is 60.0 Å². The van der Waals surface area contributed by atoms with Crippen molar-refractivity contribution >= 4 is 11.6 Å². The minimum absolute atomic E-state index is 0.0524. The summed E-state index contributed by atoms with van der Waals surface area (Å²) in [7, 11) is 0. The topological polar surface area (TPSA) is 92.9 Å². The second-order valence-electron chi connectivity index (χ2n) is 4.65. The van der Waals surface area contributed by atoms with Gasteiger partial charge < -0.3 is 10.4 Å². The molecule has 0 spiro atoms. The zero-order valence-electron chi connectivity index (χ0n) is 11.8. The molecule has 0 bridgehead atoms. The third-order valence-corrected chi connectivity index (χ3v) is 3.06. The first-order valence-electron chi connectivity index (χ1n) is 6.69. The molecule has 2 aromatic heterocycles. The number of benzene rings is 1. The third-order valence-electron chi connectivity index (χ3n) is 3.06. The molecule has 0 aliphatic heterocycles. The highest BCUT2D eigenvalue weighted by Gasteiger charge is 2.12. The quantitative estimate of drug-likeness (QED) is 0.769. The molecule has 0 saturated carbocycles. The van der Waals surface area contributed by atoms with E-state index < -0.39 is 12.6 Å². The van der Waals surface area contributed by atoms with Gasteiger partial charge in [-0.05, 0) is 23.8 Å². The third kappa shape index (κ3) is 3.15. The zero-order chi connectivity index (χ0) is 16.2. The van der Waals surface area contributed by atoms with Crippen LogP contribution in [0.2, 0.25) is 0 Å². The van der Waals surface area contributed by atoms with Gasteiger partial charge in [0.25, 0.3) is 11.9 Å². The summed E-state index contributed by atoms with van der Waals surface area (Å²) in [5.41, 5.74) is 0.722. The average molecular weight is 313 g/mol. The number of nitrogens with zero attached hydrogens (tertiary/aromatic N) is 4. The zero-order valence-corrected chi connectivity index (χ0v) is 11.8. The van der Waals surface area contributed by atoms with E-state index >= 15 is 0 Å². The van der Waals surface area contributed by atoms with E-state index in [1.807, 2.05) is 0 Å². The predicted octanol–water partition coefficient (Wildman–Crippen LogP) is 2.09. The van der Waals surface area contributed by atoms with E-state index in [9.17, 15) is 14.3 Å². The number of alkyl halides is 1. The first-order valence-corrected chi connectivity index (χ1v) is 6.69. The van der Waals surface area contributed by atoms with Crippen LogP contribution in [0.5, 0.6) is 5.88 Å². The van der Waals surface area contributed by atoms with Crippen LogP contribution in [0.3, 0.4) is 0 Å². The summed E-state index contributed by atoms with van der Waals surface area (Å²) in [6, 6.07) is 7.83. The Hall–Kier alpha value is -3.29. The molecule has 116 valence electrons. The van der Waals surface area contributed by atoms with Gasteiger partial charge in [-0.25, -0.2) is 14.1 Å². The first kappa shape index (κ1) is 14.6. The van der Waals surface area contributed by atoms with Crippen LogP contribution in [0.15, 0.2) is 48.9 Å². The summed E-state index contributed by atoms with van der Waals surface area (Å²) in [5, 5.41) is 16.3. The number of hydrogen-bond donors (Lipinski definition) is 2. The van der Waals surface area contributed by atoms with E-state index in [4.69, 9.17) is 0 Å². The molecule has 1 amide bonds. The van der Waals surface area contributed by atoms with Gasteiger partial charge in [0.05, 0.1) is 6.20 Å². The van der Waals surface area contributed by atoms with Crippen molar-refractivity contribution in [2.75, 3.05) is 5.32 Å². The highest BCUT2D eigenvalue weighted by Crippen LogP contribution is 2.21. The maximum atomic E-state index is 12.6. The molecule has 23 heavy (non-hydrogen) atoms. The minimum Gasteiger partial charge on any atom is -0.492 e. The van der Waals surface area contributed by atoms with Crippen LogP contribution in [0.4, 0.5) is 10.1 Å². The Labute approximate surface area is 130 Å². The average Bonchev–Trinajstić information content (AvgIpc) is 3.11. The molecule has 0 fully saturated rings. The van der Waals surface area contributed by atoms with Crippen molar-refractivity contribution in [2.24, 2.45) is 0 Å². The molecule has 3 rings (SSSR count).